The SMILES string of the molecule is CCNC(=O)CN(CCO)C1CCCC1. The van der Waals surface area contributed by atoms with E-state index in [0.29, 0.717) is 25.7 Å². The second-order valence-corrected chi connectivity index (χ2v) is 4.09. The van der Waals surface area contributed by atoms with Gasteiger partial charge in [0.05, 0.1) is 13.2 Å². The van der Waals surface area contributed by atoms with Gasteiger partial charge in [-0.1, -0.05) is 12.8 Å². The summed E-state index contributed by atoms with van der Waals surface area (Å²) in [6.07, 6.45) is 4.84. The van der Waals surface area contributed by atoms with Crippen molar-refractivity contribution in [1.29, 1.82) is 0 Å². The molecular weight excluding hydrogens is 192 g/mol. The third-order valence-electron chi connectivity index (χ3n) is 2.95. The first-order valence-corrected chi connectivity index (χ1v) is 5.89. The number of nitrogens with zero attached hydrogens (tertiary/aromatic N) is 1. The van der Waals surface area contributed by atoms with Crippen LogP contribution in [0.15, 0.2) is 0 Å². The molecule has 1 rings (SSSR count). The average Bonchev–Trinajstić information content (AvgIpc) is 2.70. The Kier molecular flexibility index (Phi) is 5.65. The van der Waals surface area contributed by atoms with E-state index in [1.54, 1.807) is 0 Å². The van der Waals surface area contributed by atoms with Crippen molar-refractivity contribution < 1.29 is 9.90 Å². The quantitative estimate of drug-likeness (QED) is 0.671. The Morgan fingerprint density at radius 2 is 2.13 bits per heavy atom. The summed E-state index contributed by atoms with van der Waals surface area (Å²) in [4.78, 5) is 13.6. The lowest BCUT2D eigenvalue weighted by atomic mass is 10.2. The van der Waals surface area contributed by atoms with E-state index >= 15 is 0 Å². The van der Waals surface area contributed by atoms with Crippen molar-refractivity contribution in [1.82, 2.24) is 10.2 Å². The molecule has 1 amide bonds. The van der Waals surface area contributed by atoms with E-state index in [1.807, 2.05) is 6.92 Å². The normalized spacial score (nSPS) is 17.3. The van der Waals surface area contributed by atoms with Gasteiger partial charge in [0.15, 0.2) is 0 Å². The van der Waals surface area contributed by atoms with Gasteiger partial charge in [0.25, 0.3) is 0 Å². The zero-order valence-corrected chi connectivity index (χ0v) is 9.54. The highest BCUT2D eigenvalue weighted by Gasteiger charge is 2.23. The molecule has 0 atom stereocenters. The van der Waals surface area contributed by atoms with Gasteiger partial charge in [-0.15, -0.1) is 0 Å². The van der Waals surface area contributed by atoms with E-state index in [9.17, 15) is 4.79 Å². The highest BCUT2D eigenvalue weighted by molar-refractivity contribution is 5.77. The molecule has 0 bridgehead atoms. The fourth-order valence-electron chi connectivity index (χ4n) is 2.23. The minimum atomic E-state index is 0.0675. The van der Waals surface area contributed by atoms with Gasteiger partial charge in [0.2, 0.25) is 5.91 Å². The Morgan fingerprint density at radius 1 is 1.47 bits per heavy atom. The van der Waals surface area contributed by atoms with Crippen LogP contribution < -0.4 is 5.32 Å². The molecular formula is C11H22N2O2. The number of aliphatic hydroxyl groups excluding tert-OH is 1. The van der Waals surface area contributed by atoms with Crippen LogP contribution in [-0.4, -0.2) is 48.2 Å². The minimum absolute atomic E-state index is 0.0675. The fourth-order valence-corrected chi connectivity index (χ4v) is 2.23. The van der Waals surface area contributed by atoms with Crippen molar-refractivity contribution in [2.75, 3.05) is 26.2 Å². The van der Waals surface area contributed by atoms with Crippen molar-refractivity contribution in [3.63, 3.8) is 0 Å². The van der Waals surface area contributed by atoms with Crippen LogP contribution >= 0.6 is 0 Å². The molecule has 0 spiro atoms. The van der Waals surface area contributed by atoms with E-state index in [4.69, 9.17) is 5.11 Å². The molecule has 2 N–H and O–H groups in total. The largest absolute Gasteiger partial charge is 0.395 e. The summed E-state index contributed by atoms with van der Waals surface area (Å²) in [7, 11) is 0. The molecule has 0 aromatic heterocycles. The third-order valence-corrected chi connectivity index (χ3v) is 2.95. The van der Waals surface area contributed by atoms with E-state index < -0.39 is 0 Å². The zero-order chi connectivity index (χ0) is 11.1. The maximum absolute atomic E-state index is 11.5. The Balaban J connectivity index is 2.38. The third kappa shape index (κ3) is 4.18. The van der Waals surface area contributed by atoms with Crippen molar-refractivity contribution in [2.45, 2.75) is 38.6 Å². The number of carbonyl (C=O) groups is 1. The standard InChI is InChI=1S/C11H22N2O2/c1-2-12-11(15)9-13(7-8-14)10-5-3-4-6-10/h10,14H,2-9H2,1H3,(H,12,15). The fraction of sp³-hybridized carbons (Fsp3) is 0.909. The first kappa shape index (κ1) is 12.5. The number of rotatable bonds is 6. The molecule has 1 aliphatic rings. The highest BCUT2D eigenvalue weighted by atomic mass is 16.3. The Bertz CT molecular complexity index is 191. The predicted octanol–water partition coefficient (Wildman–Crippen LogP) is 0.359. The number of nitrogens with one attached hydrogen (secondary N) is 1. The molecule has 0 radical (unpaired) electrons. The lowest BCUT2D eigenvalue weighted by Gasteiger charge is -2.27. The topological polar surface area (TPSA) is 52.6 Å². The van der Waals surface area contributed by atoms with E-state index in [0.717, 1.165) is 0 Å². The Morgan fingerprint density at radius 3 is 2.67 bits per heavy atom. The highest BCUT2D eigenvalue weighted by Crippen LogP contribution is 2.22. The van der Waals surface area contributed by atoms with Gasteiger partial charge in [0, 0.05) is 19.1 Å². The molecule has 1 saturated carbocycles. The maximum Gasteiger partial charge on any atom is 0.234 e. The number of amides is 1. The molecule has 0 heterocycles. The van der Waals surface area contributed by atoms with E-state index in [1.165, 1.54) is 25.7 Å². The Labute approximate surface area is 91.6 Å². The predicted molar refractivity (Wildman–Crippen MR) is 59.6 cm³/mol. The smallest absolute Gasteiger partial charge is 0.234 e. The first-order chi connectivity index (χ1) is 7.27. The van der Waals surface area contributed by atoms with Gasteiger partial charge in [0.1, 0.15) is 0 Å². The van der Waals surface area contributed by atoms with Crippen LogP contribution in [-0.2, 0) is 4.79 Å². The number of hydrogen-bond acceptors (Lipinski definition) is 3. The molecule has 0 aromatic rings. The molecule has 4 nitrogen and oxygen atoms in total. The monoisotopic (exact) mass is 214 g/mol. The number of carbonyl (C=O) groups excluding carboxylic acids is 1. The average molecular weight is 214 g/mol. The van der Waals surface area contributed by atoms with Crippen LogP contribution in [0, 0.1) is 0 Å². The van der Waals surface area contributed by atoms with Crippen molar-refractivity contribution in [3.8, 4) is 0 Å². The zero-order valence-electron chi connectivity index (χ0n) is 9.54. The van der Waals surface area contributed by atoms with Gasteiger partial charge in [-0.2, -0.15) is 0 Å². The minimum Gasteiger partial charge on any atom is -0.395 e. The molecule has 1 fully saturated rings. The summed E-state index contributed by atoms with van der Waals surface area (Å²) < 4.78 is 0. The molecule has 0 aliphatic heterocycles. The molecule has 15 heavy (non-hydrogen) atoms. The van der Waals surface area contributed by atoms with Gasteiger partial charge in [-0.25, -0.2) is 0 Å². The Hall–Kier alpha value is -0.610. The van der Waals surface area contributed by atoms with E-state index in [2.05, 4.69) is 10.2 Å². The van der Waals surface area contributed by atoms with Gasteiger partial charge in [-0.05, 0) is 19.8 Å². The van der Waals surface area contributed by atoms with E-state index in [-0.39, 0.29) is 12.5 Å². The van der Waals surface area contributed by atoms with Crippen LogP contribution in [0.4, 0.5) is 0 Å². The second kappa shape index (κ2) is 6.80. The summed E-state index contributed by atoms with van der Waals surface area (Å²) in [6, 6.07) is 0.500. The number of aliphatic hydroxyl groups is 1. The van der Waals surface area contributed by atoms with Crippen LogP contribution in [0.3, 0.4) is 0 Å². The van der Waals surface area contributed by atoms with Gasteiger partial charge >= 0.3 is 0 Å². The molecule has 0 unspecified atom stereocenters. The number of likely N-dealkylation sites (N-methyl/N-ethyl adjacent to an activating group) is 1. The summed E-state index contributed by atoms with van der Waals surface area (Å²) in [5.74, 6) is 0.0675. The summed E-state index contributed by atoms with van der Waals surface area (Å²) in [6.45, 7) is 3.77. The first-order valence-electron chi connectivity index (χ1n) is 5.89. The molecule has 1 aliphatic carbocycles. The lowest BCUT2D eigenvalue weighted by molar-refractivity contribution is -0.122. The van der Waals surface area contributed by atoms with Crippen LogP contribution in [0.5, 0.6) is 0 Å². The summed E-state index contributed by atoms with van der Waals surface area (Å²) in [5, 5.41) is 11.8. The van der Waals surface area contributed by atoms with Crippen molar-refractivity contribution in [2.24, 2.45) is 0 Å². The van der Waals surface area contributed by atoms with Crippen LogP contribution in [0.25, 0.3) is 0 Å². The van der Waals surface area contributed by atoms with Crippen LogP contribution in [0.1, 0.15) is 32.6 Å². The molecule has 0 saturated heterocycles. The van der Waals surface area contributed by atoms with Crippen LogP contribution in [0.2, 0.25) is 0 Å². The second-order valence-electron chi connectivity index (χ2n) is 4.09. The van der Waals surface area contributed by atoms with Gasteiger partial charge < -0.3 is 10.4 Å². The lowest BCUT2D eigenvalue weighted by Crippen LogP contribution is -2.43. The van der Waals surface area contributed by atoms with Gasteiger partial charge in [-0.3, -0.25) is 9.69 Å². The van der Waals surface area contributed by atoms with Crippen molar-refractivity contribution >= 4 is 5.91 Å². The molecule has 0 aromatic carbocycles. The summed E-state index contributed by atoms with van der Waals surface area (Å²) in [5.41, 5.74) is 0. The maximum atomic E-state index is 11.5. The van der Waals surface area contributed by atoms with Crippen molar-refractivity contribution in [3.05, 3.63) is 0 Å². The molecule has 4 heteroatoms. The number of hydrogen-bond donors (Lipinski definition) is 2. The molecule has 88 valence electrons. The summed E-state index contributed by atoms with van der Waals surface area (Å²) >= 11 is 0.